The van der Waals surface area contributed by atoms with E-state index in [2.05, 4.69) is 48.1 Å². The lowest BCUT2D eigenvalue weighted by Crippen LogP contribution is -2.53. The highest BCUT2D eigenvalue weighted by atomic mass is 32.1. The largest absolute Gasteiger partial charge is 0.388 e. The lowest BCUT2D eigenvalue weighted by molar-refractivity contribution is 0.0769. The first-order chi connectivity index (χ1) is 16.0. The number of thiazole rings is 1. The van der Waals surface area contributed by atoms with Gasteiger partial charge in [-0.25, -0.2) is 9.98 Å². The normalized spacial score (nSPS) is 19.4. The fraction of sp³-hybridized carbons (Fsp3) is 0.385. The number of aliphatic hydroxyl groups is 1. The molecule has 172 valence electrons. The summed E-state index contributed by atoms with van der Waals surface area (Å²) in [7, 11) is 2.15. The molecule has 2 N–H and O–H groups in total. The standard InChI is InChI=1S/C26H31N5OS/c1-17(2)25-29-23-24(27-20-11-7-8-12-21(20)28-26(23)33-25)31-14-13-30(3)19(16-31)15-22(32)18-9-5-4-6-10-18/h4-12,17,19,22,28,32H,13-16H2,1-3H3/t19?,22-/m0/s1. The summed E-state index contributed by atoms with van der Waals surface area (Å²) in [6, 6.07) is 18.3. The number of piperazine rings is 1. The first kappa shape index (κ1) is 22.1. The van der Waals surface area contributed by atoms with Gasteiger partial charge >= 0.3 is 0 Å². The molecule has 3 aromatic rings. The van der Waals surface area contributed by atoms with Crippen LogP contribution >= 0.6 is 11.3 Å². The first-order valence-corrected chi connectivity index (χ1v) is 12.4. The van der Waals surface area contributed by atoms with Crippen LogP contribution in [0.4, 0.5) is 16.4 Å². The SMILES string of the molecule is CC(C)c1nc2c(s1)Nc1ccccc1N=C2N1CCN(C)C(C[C@H](O)c2ccccc2)C1. The number of fused-ring (bicyclic) bond motifs is 2. The third kappa shape index (κ3) is 4.53. The van der Waals surface area contributed by atoms with Crippen molar-refractivity contribution >= 4 is 33.5 Å². The van der Waals surface area contributed by atoms with E-state index in [1.165, 1.54) is 0 Å². The molecule has 2 aromatic carbocycles. The first-order valence-electron chi connectivity index (χ1n) is 11.6. The average Bonchev–Trinajstić information content (AvgIpc) is 3.18. The van der Waals surface area contributed by atoms with Crippen molar-refractivity contribution in [2.45, 2.75) is 38.3 Å². The third-order valence-corrected chi connectivity index (χ3v) is 7.76. The predicted octanol–water partition coefficient (Wildman–Crippen LogP) is 5.14. The summed E-state index contributed by atoms with van der Waals surface area (Å²) >= 11 is 1.72. The van der Waals surface area contributed by atoms with Crippen molar-refractivity contribution in [3.8, 4) is 0 Å². The molecule has 0 spiro atoms. The van der Waals surface area contributed by atoms with Crippen LogP contribution in [-0.4, -0.2) is 58.4 Å². The van der Waals surface area contributed by atoms with Gasteiger partial charge in [-0.05, 0) is 31.2 Å². The van der Waals surface area contributed by atoms with Crippen LogP contribution in [0.3, 0.4) is 0 Å². The van der Waals surface area contributed by atoms with Crippen molar-refractivity contribution in [2.75, 3.05) is 32.0 Å². The van der Waals surface area contributed by atoms with Gasteiger partial charge in [-0.15, -0.1) is 11.3 Å². The summed E-state index contributed by atoms with van der Waals surface area (Å²) in [5, 5.41) is 16.6. The monoisotopic (exact) mass is 461 g/mol. The molecule has 2 aliphatic heterocycles. The van der Waals surface area contributed by atoms with E-state index in [4.69, 9.17) is 9.98 Å². The number of aliphatic hydroxyl groups excluding tert-OH is 1. The number of benzene rings is 2. The number of para-hydroxylation sites is 2. The number of likely N-dealkylation sites (N-methyl/N-ethyl adjacent to an activating group) is 1. The second-order valence-electron chi connectivity index (χ2n) is 9.20. The number of amidine groups is 1. The average molecular weight is 462 g/mol. The van der Waals surface area contributed by atoms with E-state index in [0.29, 0.717) is 12.3 Å². The highest BCUT2D eigenvalue weighted by Crippen LogP contribution is 2.39. The number of aliphatic imine (C=N–C) groups is 1. The van der Waals surface area contributed by atoms with Crippen molar-refractivity contribution in [1.29, 1.82) is 0 Å². The van der Waals surface area contributed by atoms with E-state index in [0.717, 1.165) is 58.1 Å². The summed E-state index contributed by atoms with van der Waals surface area (Å²) in [5.74, 6) is 1.29. The van der Waals surface area contributed by atoms with Crippen LogP contribution in [0.1, 0.15) is 48.6 Å². The maximum atomic E-state index is 10.9. The fourth-order valence-corrected chi connectivity index (χ4v) is 5.44. The smallest absolute Gasteiger partial charge is 0.158 e. The van der Waals surface area contributed by atoms with E-state index < -0.39 is 6.10 Å². The number of nitrogens with one attached hydrogen (secondary N) is 1. The lowest BCUT2D eigenvalue weighted by atomic mass is 9.99. The van der Waals surface area contributed by atoms with Gasteiger partial charge in [0.05, 0.1) is 22.5 Å². The van der Waals surface area contributed by atoms with Crippen LogP contribution < -0.4 is 5.32 Å². The van der Waals surface area contributed by atoms with E-state index in [-0.39, 0.29) is 6.04 Å². The van der Waals surface area contributed by atoms with Crippen LogP contribution in [0.2, 0.25) is 0 Å². The molecular formula is C26H31N5OS. The number of anilines is 2. The zero-order chi connectivity index (χ0) is 22.9. The van der Waals surface area contributed by atoms with E-state index in [9.17, 15) is 5.11 Å². The van der Waals surface area contributed by atoms with Gasteiger partial charge in [0.15, 0.2) is 5.84 Å². The van der Waals surface area contributed by atoms with Gasteiger partial charge in [0, 0.05) is 31.6 Å². The van der Waals surface area contributed by atoms with E-state index >= 15 is 0 Å². The number of aromatic nitrogens is 1. The van der Waals surface area contributed by atoms with Gasteiger partial charge in [0.1, 0.15) is 10.7 Å². The van der Waals surface area contributed by atoms with Crippen molar-refractivity contribution in [1.82, 2.24) is 14.8 Å². The quantitative estimate of drug-likeness (QED) is 0.563. The van der Waals surface area contributed by atoms with Crippen LogP contribution in [0.25, 0.3) is 0 Å². The Bertz CT molecular complexity index is 1140. The molecule has 0 amide bonds. The lowest BCUT2D eigenvalue weighted by Gasteiger charge is -2.41. The Morgan fingerprint density at radius 3 is 2.64 bits per heavy atom. The van der Waals surface area contributed by atoms with E-state index in [1.54, 1.807) is 11.3 Å². The molecule has 7 heteroatoms. The van der Waals surface area contributed by atoms with E-state index in [1.807, 2.05) is 42.5 Å². The summed E-state index contributed by atoms with van der Waals surface area (Å²) < 4.78 is 0. The zero-order valence-corrected chi connectivity index (χ0v) is 20.2. The molecule has 0 bridgehead atoms. The third-order valence-electron chi connectivity index (χ3n) is 6.48. The second-order valence-corrected chi connectivity index (χ2v) is 10.2. The molecule has 1 aromatic heterocycles. The summed E-state index contributed by atoms with van der Waals surface area (Å²) in [5.41, 5.74) is 3.85. The van der Waals surface area contributed by atoms with Gasteiger partial charge in [-0.1, -0.05) is 56.3 Å². The number of rotatable bonds is 4. The molecule has 5 rings (SSSR count). The molecule has 6 nitrogen and oxygen atoms in total. The predicted molar refractivity (Wildman–Crippen MR) is 136 cm³/mol. The van der Waals surface area contributed by atoms with Crippen LogP contribution in [0.15, 0.2) is 59.6 Å². The Hall–Kier alpha value is -2.74. The Balaban J connectivity index is 1.46. The minimum atomic E-state index is -0.487. The van der Waals surface area contributed by atoms with Crippen molar-refractivity contribution in [2.24, 2.45) is 4.99 Å². The summed E-state index contributed by atoms with van der Waals surface area (Å²) in [6.07, 6.45) is 0.194. The Kier molecular flexibility index (Phi) is 6.19. The molecule has 3 heterocycles. The minimum Gasteiger partial charge on any atom is -0.388 e. The van der Waals surface area contributed by atoms with Gasteiger partial charge in [-0.2, -0.15) is 0 Å². The molecule has 0 saturated carbocycles. The van der Waals surface area contributed by atoms with Gasteiger partial charge in [0.2, 0.25) is 0 Å². The number of nitrogens with zero attached hydrogens (tertiary/aromatic N) is 4. The topological polar surface area (TPSA) is 64.0 Å². The molecule has 0 aliphatic carbocycles. The highest BCUT2D eigenvalue weighted by Gasteiger charge is 2.32. The van der Waals surface area contributed by atoms with Crippen molar-refractivity contribution < 1.29 is 5.11 Å². The van der Waals surface area contributed by atoms with Gasteiger partial charge < -0.3 is 15.3 Å². The van der Waals surface area contributed by atoms with Crippen molar-refractivity contribution in [3.05, 3.63) is 70.9 Å². The molecule has 0 radical (unpaired) electrons. The molecule has 1 unspecified atom stereocenters. The van der Waals surface area contributed by atoms with Gasteiger partial charge in [0.25, 0.3) is 0 Å². The van der Waals surface area contributed by atoms with Crippen molar-refractivity contribution in [3.63, 3.8) is 0 Å². The molecule has 33 heavy (non-hydrogen) atoms. The van der Waals surface area contributed by atoms with Crippen LogP contribution in [-0.2, 0) is 0 Å². The Morgan fingerprint density at radius 1 is 1.09 bits per heavy atom. The fourth-order valence-electron chi connectivity index (χ4n) is 4.47. The number of hydrogen-bond donors (Lipinski definition) is 2. The Labute approximate surface area is 199 Å². The molecular weight excluding hydrogens is 430 g/mol. The maximum absolute atomic E-state index is 10.9. The van der Waals surface area contributed by atoms with Crippen LogP contribution in [0.5, 0.6) is 0 Å². The number of hydrogen-bond acceptors (Lipinski definition) is 7. The minimum absolute atomic E-state index is 0.217. The highest BCUT2D eigenvalue weighted by molar-refractivity contribution is 7.16. The summed E-state index contributed by atoms with van der Waals surface area (Å²) in [6.45, 7) is 6.95. The molecule has 1 fully saturated rings. The second kappa shape index (κ2) is 9.25. The molecule has 1 saturated heterocycles. The maximum Gasteiger partial charge on any atom is 0.158 e. The molecule has 2 atom stereocenters. The molecule has 2 aliphatic rings. The van der Waals surface area contributed by atoms with Crippen LogP contribution in [0, 0.1) is 0 Å². The summed E-state index contributed by atoms with van der Waals surface area (Å²) in [4.78, 5) is 14.9. The van der Waals surface area contributed by atoms with Gasteiger partial charge in [-0.3, -0.25) is 4.90 Å². The zero-order valence-electron chi connectivity index (χ0n) is 19.4. The Morgan fingerprint density at radius 2 is 1.85 bits per heavy atom.